The van der Waals surface area contributed by atoms with Crippen LogP contribution in [0.2, 0.25) is 0 Å². The third-order valence-electron chi connectivity index (χ3n) is 5.31. The summed E-state index contributed by atoms with van der Waals surface area (Å²) >= 11 is 0. The van der Waals surface area contributed by atoms with Crippen molar-refractivity contribution < 1.29 is 5.11 Å². The van der Waals surface area contributed by atoms with Crippen LogP contribution in [-0.4, -0.2) is 10.7 Å². The standard InChI is InChI=1S/C16H30O/c1-15(2)8-4-13(5-9-15)12-14-6-10-16(3,17)11-7-14/h13-14,17H,4-12H2,1-3H3. The van der Waals surface area contributed by atoms with Crippen LogP contribution >= 0.6 is 0 Å². The zero-order valence-electron chi connectivity index (χ0n) is 12.0. The Kier molecular flexibility index (Phi) is 3.87. The molecule has 0 radical (unpaired) electrons. The molecule has 0 unspecified atom stereocenters. The largest absolute Gasteiger partial charge is 0.390 e. The van der Waals surface area contributed by atoms with E-state index < -0.39 is 0 Å². The summed E-state index contributed by atoms with van der Waals surface area (Å²) in [6, 6.07) is 0. The van der Waals surface area contributed by atoms with Gasteiger partial charge in [-0.3, -0.25) is 0 Å². The summed E-state index contributed by atoms with van der Waals surface area (Å²) in [6.07, 6.45) is 11.7. The maximum Gasteiger partial charge on any atom is 0.0620 e. The van der Waals surface area contributed by atoms with E-state index in [9.17, 15) is 5.11 Å². The Morgan fingerprint density at radius 2 is 1.24 bits per heavy atom. The second-order valence-corrected chi connectivity index (χ2v) is 7.78. The molecule has 0 amide bonds. The molecule has 0 aliphatic heterocycles. The van der Waals surface area contributed by atoms with E-state index in [0.29, 0.717) is 5.41 Å². The van der Waals surface area contributed by atoms with Gasteiger partial charge in [0, 0.05) is 0 Å². The Morgan fingerprint density at radius 1 is 0.824 bits per heavy atom. The van der Waals surface area contributed by atoms with Gasteiger partial charge in [-0.15, -0.1) is 0 Å². The van der Waals surface area contributed by atoms with Crippen LogP contribution in [0.3, 0.4) is 0 Å². The van der Waals surface area contributed by atoms with E-state index in [-0.39, 0.29) is 5.60 Å². The minimum atomic E-state index is -0.356. The lowest BCUT2D eigenvalue weighted by Gasteiger charge is -2.38. The Balaban J connectivity index is 1.72. The monoisotopic (exact) mass is 238 g/mol. The van der Waals surface area contributed by atoms with E-state index in [1.54, 1.807) is 0 Å². The predicted molar refractivity (Wildman–Crippen MR) is 72.9 cm³/mol. The van der Waals surface area contributed by atoms with E-state index in [2.05, 4.69) is 13.8 Å². The van der Waals surface area contributed by atoms with Crippen LogP contribution in [0.25, 0.3) is 0 Å². The van der Waals surface area contributed by atoms with Crippen molar-refractivity contribution in [1.29, 1.82) is 0 Å². The topological polar surface area (TPSA) is 20.2 Å². The summed E-state index contributed by atoms with van der Waals surface area (Å²) in [6.45, 7) is 6.84. The molecule has 1 heteroatoms. The van der Waals surface area contributed by atoms with Gasteiger partial charge in [0.05, 0.1) is 5.60 Å². The Labute approximate surface area is 107 Å². The maximum absolute atomic E-state index is 9.97. The summed E-state index contributed by atoms with van der Waals surface area (Å²) in [7, 11) is 0. The quantitative estimate of drug-likeness (QED) is 0.749. The van der Waals surface area contributed by atoms with Crippen LogP contribution in [0.5, 0.6) is 0 Å². The molecule has 0 saturated heterocycles. The fourth-order valence-corrected chi connectivity index (χ4v) is 3.70. The zero-order chi connectivity index (χ0) is 12.5. The fraction of sp³-hybridized carbons (Fsp3) is 1.00. The lowest BCUT2D eigenvalue weighted by molar-refractivity contribution is 0.00295. The molecule has 0 atom stereocenters. The molecule has 2 aliphatic carbocycles. The molecule has 0 aromatic heterocycles. The van der Waals surface area contributed by atoms with Crippen LogP contribution < -0.4 is 0 Å². The molecule has 0 bridgehead atoms. The highest BCUT2D eigenvalue weighted by atomic mass is 16.3. The number of hydrogen-bond acceptors (Lipinski definition) is 1. The van der Waals surface area contributed by atoms with Gasteiger partial charge >= 0.3 is 0 Å². The van der Waals surface area contributed by atoms with Gasteiger partial charge in [-0.05, 0) is 82.0 Å². The highest BCUT2D eigenvalue weighted by Crippen LogP contribution is 2.43. The maximum atomic E-state index is 9.97. The van der Waals surface area contributed by atoms with E-state index in [0.717, 1.165) is 24.7 Å². The van der Waals surface area contributed by atoms with Crippen LogP contribution in [0.4, 0.5) is 0 Å². The van der Waals surface area contributed by atoms with Gasteiger partial charge in [0.25, 0.3) is 0 Å². The summed E-state index contributed by atoms with van der Waals surface area (Å²) in [5, 5.41) is 9.97. The lowest BCUT2D eigenvalue weighted by atomic mass is 9.69. The van der Waals surface area contributed by atoms with Crippen molar-refractivity contribution in [3.05, 3.63) is 0 Å². The number of rotatable bonds is 2. The number of aliphatic hydroxyl groups is 1. The van der Waals surface area contributed by atoms with E-state index >= 15 is 0 Å². The minimum absolute atomic E-state index is 0.356. The highest BCUT2D eigenvalue weighted by Gasteiger charge is 2.32. The highest BCUT2D eigenvalue weighted by molar-refractivity contribution is 4.84. The minimum Gasteiger partial charge on any atom is -0.390 e. The molecule has 2 saturated carbocycles. The van der Waals surface area contributed by atoms with Crippen molar-refractivity contribution in [3.63, 3.8) is 0 Å². The van der Waals surface area contributed by atoms with Crippen LogP contribution in [0, 0.1) is 17.3 Å². The van der Waals surface area contributed by atoms with Crippen molar-refractivity contribution in [2.75, 3.05) is 0 Å². The SMILES string of the molecule is CC1(C)CCC(CC2CCC(C)(O)CC2)CC1. The third-order valence-corrected chi connectivity index (χ3v) is 5.31. The van der Waals surface area contributed by atoms with Crippen molar-refractivity contribution in [3.8, 4) is 0 Å². The predicted octanol–water partition coefficient (Wildman–Crippen LogP) is 4.53. The van der Waals surface area contributed by atoms with Gasteiger partial charge in [-0.1, -0.05) is 13.8 Å². The number of hydrogen-bond donors (Lipinski definition) is 1. The van der Waals surface area contributed by atoms with Crippen molar-refractivity contribution >= 4 is 0 Å². The van der Waals surface area contributed by atoms with Gasteiger partial charge in [-0.25, -0.2) is 0 Å². The van der Waals surface area contributed by atoms with Crippen LogP contribution in [-0.2, 0) is 0 Å². The van der Waals surface area contributed by atoms with Gasteiger partial charge in [0.2, 0.25) is 0 Å². The van der Waals surface area contributed by atoms with E-state index in [4.69, 9.17) is 0 Å². The summed E-state index contributed by atoms with van der Waals surface area (Å²) in [4.78, 5) is 0. The average molecular weight is 238 g/mol. The second-order valence-electron chi connectivity index (χ2n) is 7.78. The molecule has 0 aromatic carbocycles. The molecule has 1 nitrogen and oxygen atoms in total. The molecule has 2 aliphatic rings. The first kappa shape index (κ1) is 13.4. The fourth-order valence-electron chi connectivity index (χ4n) is 3.70. The molecule has 2 rings (SSSR count). The van der Waals surface area contributed by atoms with Gasteiger partial charge < -0.3 is 5.11 Å². The zero-order valence-corrected chi connectivity index (χ0v) is 12.0. The van der Waals surface area contributed by atoms with Gasteiger partial charge in [-0.2, -0.15) is 0 Å². The molecule has 2 fully saturated rings. The Hall–Kier alpha value is -0.0400. The van der Waals surface area contributed by atoms with Crippen LogP contribution in [0.15, 0.2) is 0 Å². The summed E-state index contributed by atoms with van der Waals surface area (Å²) in [5.41, 5.74) is 0.248. The molecule has 0 heterocycles. The summed E-state index contributed by atoms with van der Waals surface area (Å²) in [5.74, 6) is 1.89. The van der Waals surface area contributed by atoms with E-state index in [1.165, 1.54) is 44.9 Å². The van der Waals surface area contributed by atoms with Crippen molar-refractivity contribution in [2.45, 2.75) is 84.2 Å². The van der Waals surface area contributed by atoms with Crippen molar-refractivity contribution in [2.24, 2.45) is 17.3 Å². The van der Waals surface area contributed by atoms with Crippen LogP contribution in [0.1, 0.15) is 78.6 Å². The Bertz CT molecular complexity index is 208. The normalized spacial score (nSPS) is 39.2. The van der Waals surface area contributed by atoms with Gasteiger partial charge in [0.1, 0.15) is 0 Å². The smallest absolute Gasteiger partial charge is 0.0620 e. The van der Waals surface area contributed by atoms with Crippen molar-refractivity contribution in [1.82, 2.24) is 0 Å². The molecule has 0 aromatic rings. The molecule has 100 valence electrons. The average Bonchev–Trinajstić information content (AvgIpc) is 2.24. The lowest BCUT2D eigenvalue weighted by Crippen LogP contribution is -2.31. The molecule has 0 spiro atoms. The molecular weight excluding hydrogens is 208 g/mol. The molecule has 1 N–H and O–H groups in total. The summed E-state index contributed by atoms with van der Waals surface area (Å²) < 4.78 is 0. The van der Waals surface area contributed by atoms with E-state index in [1.807, 2.05) is 6.92 Å². The first-order valence-corrected chi connectivity index (χ1v) is 7.59. The second kappa shape index (κ2) is 4.91. The first-order valence-electron chi connectivity index (χ1n) is 7.59. The third kappa shape index (κ3) is 3.98. The Morgan fingerprint density at radius 3 is 1.71 bits per heavy atom. The molecular formula is C16H30O. The van der Waals surface area contributed by atoms with Gasteiger partial charge in [0.15, 0.2) is 0 Å². The first-order chi connectivity index (χ1) is 7.86. The molecule has 17 heavy (non-hydrogen) atoms.